The van der Waals surface area contributed by atoms with Crippen LogP contribution in [0.5, 0.6) is 0 Å². The van der Waals surface area contributed by atoms with Crippen molar-refractivity contribution in [3.63, 3.8) is 0 Å². The van der Waals surface area contributed by atoms with E-state index in [0.29, 0.717) is 6.10 Å². The highest BCUT2D eigenvalue weighted by molar-refractivity contribution is 5.21. The van der Waals surface area contributed by atoms with Gasteiger partial charge >= 0.3 is 0 Å². The molecule has 5 heteroatoms. The van der Waals surface area contributed by atoms with Crippen LogP contribution in [-0.4, -0.2) is 22.5 Å². The fraction of sp³-hybridized carbons (Fsp3) is 0.786. The molecule has 2 unspecified atom stereocenters. The Bertz CT molecular complexity index is 385. The van der Waals surface area contributed by atoms with Crippen molar-refractivity contribution in [2.24, 2.45) is 12.9 Å². The summed E-state index contributed by atoms with van der Waals surface area (Å²) in [6.45, 7) is 3.07. The topological polar surface area (TPSA) is 65.1 Å². The van der Waals surface area contributed by atoms with Crippen LogP contribution in [0.4, 0.5) is 0 Å². The maximum absolute atomic E-state index is 5.71. The highest BCUT2D eigenvalue weighted by Gasteiger charge is 2.19. The lowest BCUT2D eigenvalue weighted by Crippen LogP contribution is -2.28. The van der Waals surface area contributed by atoms with Gasteiger partial charge in [-0.15, -0.1) is 0 Å². The summed E-state index contributed by atoms with van der Waals surface area (Å²) >= 11 is 0. The Labute approximate surface area is 115 Å². The van der Waals surface area contributed by atoms with Crippen molar-refractivity contribution in [2.45, 2.75) is 57.6 Å². The number of hydrogen-bond acceptors (Lipinski definition) is 4. The molecule has 3 N–H and O–H groups in total. The van der Waals surface area contributed by atoms with Crippen LogP contribution in [0.15, 0.2) is 6.20 Å². The number of nitrogens with zero attached hydrogens (tertiary/aromatic N) is 2. The first-order valence-corrected chi connectivity index (χ1v) is 7.34. The Kier molecular flexibility index (Phi) is 5.36. The Morgan fingerprint density at radius 3 is 3.11 bits per heavy atom. The monoisotopic (exact) mass is 266 g/mol. The molecule has 1 fully saturated rings. The molecular formula is C14H26N4O. The number of aromatic nitrogens is 2. The molecule has 1 aliphatic rings. The zero-order valence-corrected chi connectivity index (χ0v) is 12.1. The highest BCUT2D eigenvalue weighted by Crippen LogP contribution is 2.24. The Morgan fingerprint density at radius 1 is 1.63 bits per heavy atom. The van der Waals surface area contributed by atoms with Crippen molar-refractivity contribution in [1.29, 1.82) is 0 Å². The number of rotatable bonds is 7. The molecule has 0 aliphatic carbocycles. The SMILES string of the molecule is CCc1nn(C)cc1C(CCCC1CCCO1)NN. The van der Waals surface area contributed by atoms with Gasteiger partial charge in [-0.3, -0.25) is 16.0 Å². The van der Waals surface area contributed by atoms with Crippen LogP contribution in [0.2, 0.25) is 0 Å². The molecule has 1 aromatic heterocycles. The summed E-state index contributed by atoms with van der Waals surface area (Å²) in [7, 11) is 1.96. The first-order chi connectivity index (χ1) is 9.24. The van der Waals surface area contributed by atoms with Crippen molar-refractivity contribution in [1.82, 2.24) is 15.2 Å². The molecule has 5 nitrogen and oxygen atoms in total. The second kappa shape index (κ2) is 7.03. The molecule has 1 saturated heterocycles. The average Bonchev–Trinajstić information content (AvgIpc) is 3.04. The largest absolute Gasteiger partial charge is 0.378 e. The number of aryl methyl sites for hydroxylation is 2. The van der Waals surface area contributed by atoms with E-state index in [1.807, 2.05) is 11.7 Å². The van der Waals surface area contributed by atoms with Gasteiger partial charge in [-0.2, -0.15) is 5.10 Å². The van der Waals surface area contributed by atoms with E-state index in [2.05, 4.69) is 23.6 Å². The maximum Gasteiger partial charge on any atom is 0.0670 e. The smallest absolute Gasteiger partial charge is 0.0670 e. The molecule has 0 aromatic carbocycles. The standard InChI is InChI=1S/C14H26N4O/c1-3-13-12(10-18(2)17-13)14(16-15)8-4-6-11-7-5-9-19-11/h10-11,14,16H,3-9,15H2,1-2H3. The van der Waals surface area contributed by atoms with Gasteiger partial charge in [0, 0.05) is 31.5 Å². The third-order valence-corrected chi connectivity index (χ3v) is 3.89. The van der Waals surface area contributed by atoms with Gasteiger partial charge in [0.1, 0.15) is 0 Å². The molecule has 1 aromatic rings. The molecule has 19 heavy (non-hydrogen) atoms. The lowest BCUT2D eigenvalue weighted by molar-refractivity contribution is 0.101. The fourth-order valence-electron chi connectivity index (χ4n) is 2.87. The zero-order valence-electron chi connectivity index (χ0n) is 12.1. The Balaban J connectivity index is 1.87. The predicted molar refractivity (Wildman–Crippen MR) is 75.5 cm³/mol. The lowest BCUT2D eigenvalue weighted by Gasteiger charge is -2.17. The van der Waals surface area contributed by atoms with E-state index in [9.17, 15) is 0 Å². The Hall–Kier alpha value is -0.910. The molecule has 2 heterocycles. The summed E-state index contributed by atoms with van der Waals surface area (Å²) in [5.74, 6) is 5.71. The van der Waals surface area contributed by atoms with E-state index in [4.69, 9.17) is 10.6 Å². The van der Waals surface area contributed by atoms with Crippen LogP contribution in [0.3, 0.4) is 0 Å². The van der Waals surface area contributed by atoms with Gasteiger partial charge in [0.05, 0.1) is 11.8 Å². The second-order valence-corrected chi connectivity index (χ2v) is 5.34. The Morgan fingerprint density at radius 2 is 2.47 bits per heavy atom. The molecule has 0 amide bonds. The number of ether oxygens (including phenoxy) is 1. The number of hydrazine groups is 1. The molecule has 0 saturated carbocycles. The van der Waals surface area contributed by atoms with Crippen LogP contribution < -0.4 is 11.3 Å². The van der Waals surface area contributed by atoms with Gasteiger partial charge in [0.15, 0.2) is 0 Å². The molecule has 2 rings (SSSR count). The average molecular weight is 266 g/mol. The van der Waals surface area contributed by atoms with E-state index < -0.39 is 0 Å². The summed E-state index contributed by atoms with van der Waals surface area (Å²) in [5.41, 5.74) is 5.31. The summed E-state index contributed by atoms with van der Waals surface area (Å²) in [6, 6.07) is 0.199. The van der Waals surface area contributed by atoms with Crippen LogP contribution >= 0.6 is 0 Å². The van der Waals surface area contributed by atoms with Crippen LogP contribution in [0.25, 0.3) is 0 Å². The highest BCUT2D eigenvalue weighted by atomic mass is 16.5. The van der Waals surface area contributed by atoms with Crippen molar-refractivity contribution < 1.29 is 4.74 Å². The van der Waals surface area contributed by atoms with Crippen LogP contribution in [0, 0.1) is 0 Å². The van der Waals surface area contributed by atoms with Crippen molar-refractivity contribution in [3.8, 4) is 0 Å². The van der Waals surface area contributed by atoms with Gasteiger partial charge in [-0.25, -0.2) is 0 Å². The predicted octanol–water partition coefficient (Wildman–Crippen LogP) is 1.84. The number of nitrogens with two attached hydrogens (primary N) is 1. The van der Waals surface area contributed by atoms with Crippen molar-refractivity contribution in [2.75, 3.05) is 6.61 Å². The molecule has 0 bridgehead atoms. The molecule has 0 radical (unpaired) electrons. The van der Waals surface area contributed by atoms with E-state index in [0.717, 1.165) is 38.0 Å². The van der Waals surface area contributed by atoms with Gasteiger partial charge in [-0.1, -0.05) is 6.92 Å². The third kappa shape index (κ3) is 3.78. The van der Waals surface area contributed by atoms with E-state index in [1.165, 1.54) is 18.4 Å². The first kappa shape index (κ1) is 14.5. The molecular weight excluding hydrogens is 240 g/mol. The third-order valence-electron chi connectivity index (χ3n) is 3.89. The summed E-state index contributed by atoms with van der Waals surface area (Å²) in [5, 5.41) is 4.48. The molecule has 2 atom stereocenters. The zero-order chi connectivity index (χ0) is 13.7. The minimum atomic E-state index is 0.199. The normalized spacial score (nSPS) is 20.9. The van der Waals surface area contributed by atoms with Gasteiger partial charge in [0.25, 0.3) is 0 Å². The van der Waals surface area contributed by atoms with Gasteiger partial charge < -0.3 is 4.74 Å². The van der Waals surface area contributed by atoms with Crippen molar-refractivity contribution >= 4 is 0 Å². The van der Waals surface area contributed by atoms with Crippen molar-refractivity contribution in [3.05, 3.63) is 17.5 Å². The van der Waals surface area contributed by atoms with E-state index >= 15 is 0 Å². The maximum atomic E-state index is 5.71. The van der Waals surface area contributed by atoms with E-state index in [1.54, 1.807) is 0 Å². The van der Waals surface area contributed by atoms with Crippen LogP contribution in [-0.2, 0) is 18.2 Å². The summed E-state index contributed by atoms with van der Waals surface area (Å²) in [4.78, 5) is 0. The van der Waals surface area contributed by atoms with Crippen LogP contribution in [0.1, 0.15) is 56.3 Å². The fourth-order valence-corrected chi connectivity index (χ4v) is 2.87. The summed E-state index contributed by atoms with van der Waals surface area (Å²) in [6.07, 6.45) is 9.24. The second-order valence-electron chi connectivity index (χ2n) is 5.34. The minimum absolute atomic E-state index is 0.199. The molecule has 108 valence electrons. The van der Waals surface area contributed by atoms with Gasteiger partial charge in [0.2, 0.25) is 0 Å². The quantitative estimate of drug-likeness (QED) is 0.584. The van der Waals surface area contributed by atoms with Gasteiger partial charge in [-0.05, 0) is 38.5 Å². The molecule has 0 spiro atoms. The number of hydrogen-bond donors (Lipinski definition) is 2. The summed E-state index contributed by atoms with van der Waals surface area (Å²) < 4.78 is 7.53. The minimum Gasteiger partial charge on any atom is -0.378 e. The first-order valence-electron chi connectivity index (χ1n) is 7.34. The van der Waals surface area contributed by atoms with E-state index in [-0.39, 0.29) is 6.04 Å². The lowest BCUT2D eigenvalue weighted by atomic mass is 9.99. The molecule has 1 aliphatic heterocycles. The number of nitrogens with one attached hydrogen (secondary N) is 1.